The summed E-state index contributed by atoms with van der Waals surface area (Å²) in [6.45, 7) is 0. The van der Waals surface area contributed by atoms with Crippen molar-refractivity contribution in [2.24, 2.45) is 0 Å². The minimum Gasteiger partial charge on any atom is -0.378 e. The number of nitro benzene ring substituents is 1. The number of nitrogens with one attached hydrogen (secondary N) is 1. The zero-order valence-corrected chi connectivity index (χ0v) is 12.3. The summed E-state index contributed by atoms with van der Waals surface area (Å²) in [6, 6.07) is 13.7. The third-order valence-corrected chi connectivity index (χ3v) is 4.25. The Labute approximate surface area is 125 Å². The first kappa shape index (κ1) is 13.1. The third kappa shape index (κ3) is 2.41. The van der Waals surface area contributed by atoms with E-state index in [0.717, 1.165) is 18.5 Å². The van der Waals surface area contributed by atoms with Gasteiger partial charge in [0.1, 0.15) is 0 Å². The first-order valence-electron chi connectivity index (χ1n) is 6.43. The summed E-state index contributed by atoms with van der Waals surface area (Å²) in [7, 11) is 0. The van der Waals surface area contributed by atoms with Gasteiger partial charge in [-0.25, -0.2) is 0 Å². The molecule has 3 rings (SSSR count). The molecule has 0 saturated carbocycles. The average Bonchev–Trinajstić information content (AvgIpc) is 2.82. The molecule has 2 aromatic rings. The van der Waals surface area contributed by atoms with Crippen molar-refractivity contribution in [3.63, 3.8) is 0 Å². The van der Waals surface area contributed by atoms with Gasteiger partial charge in [-0.1, -0.05) is 24.3 Å². The van der Waals surface area contributed by atoms with Crippen molar-refractivity contribution in [3.8, 4) is 0 Å². The highest BCUT2D eigenvalue weighted by atomic mass is 79.9. The number of hydrogen-bond acceptors (Lipinski definition) is 3. The van der Waals surface area contributed by atoms with Crippen molar-refractivity contribution in [1.82, 2.24) is 0 Å². The monoisotopic (exact) mass is 332 g/mol. The molecule has 0 aliphatic heterocycles. The molecule has 2 aromatic carbocycles. The van der Waals surface area contributed by atoms with E-state index < -0.39 is 4.92 Å². The molecule has 0 radical (unpaired) electrons. The number of rotatable bonds is 3. The molecule has 0 spiro atoms. The molecule has 1 N–H and O–H groups in total. The Morgan fingerprint density at radius 1 is 1.25 bits per heavy atom. The van der Waals surface area contributed by atoms with Crippen molar-refractivity contribution in [1.29, 1.82) is 0 Å². The fourth-order valence-corrected chi connectivity index (χ4v) is 3.18. The maximum atomic E-state index is 10.8. The lowest BCUT2D eigenvalue weighted by Crippen LogP contribution is -2.07. The molecule has 1 aliphatic rings. The van der Waals surface area contributed by atoms with E-state index >= 15 is 0 Å². The first-order chi connectivity index (χ1) is 9.65. The number of benzene rings is 2. The number of hydrogen-bond donors (Lipinski definition) is 1. The number of halogens is 1. The van der Waals surface area contributed by atoms with E-state index in [-0.39, 0.29) is 11.7 Å². The van der Waals surface area contributed by atoms with Gasteiger partial charge in [0.05, 0.1) is 15.4 Å². The molecular formula is C15H13BrN2O2. The predicted molar refractivity (Wildman–Crippen MR) is 81.9 cm³/mol. The Hall–Kier alpha value is -1.88. The first-order valence-corrected chi connectivity index (χ1v) is 7.23. The minimum absolute atomic E-state index is 0.0855. The maximum absolute atomic E-state index is 10.8. The minimum atomic E-state index is -0.390. The second kappa shape index (κ2) is 5.25. The van der Waals surface area contributed by atoms with Crippen molar-refractivity contribution >= 4 is 27.3 Å². The van der Waals surface area contributed by atoms with Crippen LogP contribution in [0.1, 0.15) is 23.6 Å². The summed E-state index contributed by atoms with van der Waals surface area (Å²) in [4.78, 5) is 10.4. The number of anilines is 1. The Bertz CT molecular complexity index is 673. The fourth-order valence-electron chi connectivity index (χ4n) is 2.65. The maximum Gasteiger partial charge on any atom is 0.283 e. The van der Waals surface area contributed by atoms with Gasteiger partial charge in [0, 0.05) is 11.8 Å². The molecule has 0 bridgehead atoms. The van der Waals surface area contributed by atoms with Gasteiger partial charge in [-0.15, -0.1) is 0 Å². The van der Waals surface area contributed by atoms with Crippen LogP contribution in [-0.4, -0.2) is 4.92 Å². The number of aryl methyl sites for hydroxylation is 1. The second-order valence-electron chi connectivity index (χ2n) is 4.86. The summed E-state index contributed by atoms with van der Waals surface area (Å²) >= 11 is 3.25. The molecule has 4 nitrogen and oxygen atoms in total. The average molecular weight is 333 g/mol. The molecule has 1 aliphatic carbocycles. The van der Waals surface area contributed by atoms with E-state index in [0.29, 0.717) is 4.47 Å². The van der Waals surface area contributed by atoms with E-state index in [2.05, 4.69) is 39.4 Å². The lowest BCUT2D eigenvalue weighted by atomic mass is 10.1. The normalized spacial score (nSPS) is 16.8. The summed E-state index contributed by atoms with van der Waals surface area (Å²) < 4.78 is 0.499. The van der Waals surface area contributed by atoms with E-state index in [1.165, 1.54) is 17.2 Å². The van der Waals surface area contributed by atoms with Crippen molar-refractivity contribution in [3.05, 3.63) is 68.2 Å². The quantitative estimate of drug-likeness (QED) is 0.667. The van der Waals surface area contributed by atoms with Gasteiger partial charge in [-0.2, -0.15) is 0 Å². The van der Waals surface area contributed by atoms with Crippen LogP contribution in [0.5, 0.6) is 0 Å². The number of fused-ring (bicyclic) bond motifs is 1. The Balaban J connectivity index is 1.83. The molecule has 102 valence electrons. The van der Waals surface area contributed by atoms with Gasteiger partial charge in [0.15, 0.2) is 0 Å². The molecule has 0 fully saturated rings. The fraction of sp³-hybridized carbons (Fsp3) is 0.200. The van der Waals surface area contributed by atoms with Crippen LogP contribution in [0.4, 0.5) is 11.4 Å². The van der Waals surface area contributed by atoms with Crippen LogP contribution in [0.25, 0.3) is 0 Å². The van der Waals surface area contributed by atoms with E-state index in [4.69, 9.17) is 0 Å². The molecule has 1 unspecified atom stereocenters. The van der Waals surface area contributed by atoms with Crippen LogP contribution in [0.2, 0.25) is 0 Å². The summed E-state index contributed by atoms with van der Waals surface area (Å²) in [6.07, 6.45) is 2.12. The Morgan fingerprint density at radius 2 is 2.05 bits per heavy atom. The van der Waals surface area contributed by atoms with Crippen molar-refractivity contribution in [2.75, 3.05) is 5.32 Å². The van der Waals surface area contributed by atoms with Gasteiger partial charge in [-0.05, 0) is 52.0 Å². The largest absolute Gasteiger partial charge is 0.378 e. The standard InChI is InChI=1S/C15H13BrN2O2/c16-13-9-11(6-8-15(13)18(19)20)17-14-7-5-10-3-1-2-4-12(10)14/h1-4,6,8-9,14,17H,5,7H2. The van der Waals surface area contributed by atoms with Crippen molar-refractivity contribution < 1.29 is 4.92 Å². The lowest BCUT2D eigenvalue weighted by molar-refractivity contribution is -0.385. The zero-order valence-electron chi connectivity index (χ0n) is 10.7. The smallest absolute Gasteiger partial charge is 0.283 e. The lowest BCUT2D eigenvalue weighted by Gasteiger charge is -2.15. The highest BCUT2D eigenvalue weighted by molar-refractivity contribution is 9.10. The second-order valence-corrected chi connectivity index (χ2v) is 5.71. The molecular weight excluding hydrogens is 320 g/mol. The summed E-state index contributed by atoms with van der Waals surface area (Å²) in [5, 5.41) is 14.2. The Kier molecular flexibility index (Phi) is 3.44. The van der Waals surface area contributed by atoms with Gasteiger partial charge in [0.2, 0.25) is 0 Å². The molecule has 0 saturated heterocycles. The van der Waals surface area contributed by atoms with Gasteiger partial charge in [-0.3, -0.25) is 10.1 Å². The number of nitro groups is 1. The van der Waals surface area contributed by atoms with Crippen molar-refractivity contribution in [2.45, 2.75) is 18.9 Å². The van der Waals surface area contributed by atoms with Gasteiger partial charge in [0.25, 0.3) is 5.69 Å². The van der Waals surface area contributed by atoms with Crippen LogP contribution < -0.4 is 5.32 Å². The van der Waals surface area contributed by atoms with E-state index in [1.54, 1.807) is 12.1 Å². The topological polar surface area (TPSA) is 55.2 Å². The van der Waals surface area contributed by atoms with Crippen LogP contribution in [0.3, 0.4) is 0 Å². The van der Waals surface area contributed by atoms with Crippen LogP contribution >= 0.6 is 15.9 Å². The number of nitrogens with zero attached hydrogens (tertiary/aromatic N) is 1. The Morgan fingerprint density at radius 3 is 2.80 bits per heavy atom. The van der Waals surface area contributed by atoms with Crippen LogP contribution in [0, 0.1) is 10.1 Å². The SMILES string of the molecule is O=[N+]([O-])c1ccc(NC2CCc3ccccc32)cc1Br. The molecule has 0 aromatic heterocycles. The molecule has 5 heteroatoms. The molecule has 20 heavy (non-hydrogen) atoms. The summed E-state index contributed by atoms with van der Waals surface area (Å²) in [5.41, 5.74) is 3.68. The van der Waals surface area contributed by atoms with Crippen LogP contribution in [0.15, 0.2) is 46.9 Å². The van der Waals surface area contributed by atoms with Gasteiger partial charge >= 0.3 is 0 Å². The molecule has 1 atom stereocenters. The van der Waals surface area contributed by atoms with E-state index in [9.17, 15) is 10.1 Å². The van der Waals surface area contributed by atoms with Gasteiger partial charge < -0.3 is 5.32 Å². The zero-order chi connectivity index (χ0) is 14.1. The highest BCUT2D eigenvalue weighted by Gasteiger charge is 2.22. The molecule has 0 heterocycles. The van der Waals surface area contributed by atoms with Crippen LogP contribution in [-0.2, 0) is 6.42 Å². The van der Waals surface area contributed by atoms with E-state index in [1.807, 2.05) is 6.07 Å². The highest BCUT2D eigenvalue weighted by Crippen LogP contribution is 2.35. The molecule has 0 amide bonds. The predicted octanol–water partition coefficient (Wildman–Crippen LogP) is 4.46. The third-order valence-electron chi connectivity index (χ3n) is 3.62. The summed E-state index contributed by atoms with van der Waals surface area (Å²) in [5.74, 6) is 0.